The molecule has 25 heavy (non-hydrogen) atoms. The van der Waals surface area contributed by atoms with Gasteiger partial charge in [0, 0.05) is 0 Å². The molecule has 1 N–H and O–H groups in total. The third kappa shape index (κ3) is 2.84. The maximum absolute atomic E-state index is 12.9. The summed E-state index contributed by atoms with van der Waals surface area (Å²) in [6.45, 7) is 2.19. The zero-order valence-corrected chi connectivity index (χ0v) is 14.8. The second kappa shape index (κ2) is 6.25. The number of urea groups is 1. The molecule has 2 aromatic heterocycles. The molecule has 2 aromatic rings. The highest BCUT2D eigenvalue weighted by atomic mass is 32.1. The Bertz CT molecular complexity index is 778. The van der Waals surface area contributed by atoms with E-state index in [1.54, 1.807) is 0 Å². The van der Waals surface area contributed by atoms with Crippen LogP contribution in [0.15, 0.2) is 22.0 Å². The van der Waals surface area contributed by atoms with Gasteiger partial charge in [0.1, 0.15) is 12.1 Å². The van der Waals surface area contributed by atoms with E-state index >= 15 is 0 Å². The smallest absolute Gasteiger partial charge is 0.325 e. The lowest BCUT2D eigenvalue weighted by Crippen LogP contribution is -2.49. The second-order valence-electron chi connectivity index (χ2n) is 6.74. The molecule has 132 valence electrons. The quantitative estimate of drug-likeness (QED) is 0.846. The minimum absolute atomic E-state index is 0.0159. The number of carbonyl (C=O) groups excluding carboxylic acids is 2. The molecule has 3 heterocycles. The van der Waals surface area contributed by atoms with Crippen molar-refractivity contribution in [2.24, 2.45) is 5.92 Å². The summed E-state index contributed by atoms with van der Waals surface area (Å²) >= 11 is 1.51. The van der Waals surface area contributed by atoms with E-state index in [9.17, 15) is 9.59 Å². The van der Waals surface area contributed by atoms with Crippen molar-refractivity contribution in [3.8, 4) is 10.7 Å². The maximum Gasteiger partial charge on any atom is 0.325 e. The van der Waals surface area contributed by atoms with Gasteiger partial charge in [0.15, 0.2) is 0 Å². The third-order valence-corrected chi connectivity index (χ3v) is 6.15. The van der Waals surface area contributed by atoms with Crippen LogP contribution in [0.5, 0.6) is 0 Å². The number of amides is 3. The molecular weight excluding hydrogens is 340 g/mol. The van der Waals surface area contributed by atoms with E-state index in [0.717, 1.165) is 24.1 Å². The van der Waals surface area contributed by atoms with Crippen LogP contribution in [0, 0.1) is 5.92 Å². The summed E-state index contributed by atoms with van der Waals surface area (Å²) in [6, 6.07) is 3.44. The SMILES string of the molecule is CCC1CCC2(CC1)NC(=O)N(Cc1nc(-c3cccs3)no1)C2=O. The first-order valence-electron chi connectivity index (χ1n) is 8.62. The zero-order valence-electron chi connectivity index (χ0n) is 14.0. The summed E-state index contributed by atoms with van der Waals surface area (Å²) in [5, 5.41) is 8.78. The Balaban J connectivity index is 1.48. The molecule has 7 nitrogen and oxygen atoms in total. The Morgan fingerprint density at radius 1 is 1.40 bits per heavy atom. The van der Waals surface area contributed by atoms with Gasteiger partial charge in [-0.3, -0.25) is 9.69 Å². The van der Waals surface area contributed by atoms with E-state index in [-0.39, 0.29) is 24.4 Å². The fourth-order valence-corrected chi connectivity index (χ4v) is 4.35. The van der Waals surface area contributed by atoms with Crippen molar-refractivity contribution in [3.63, 3.8) is 0 Å². The minimum atomic E-state index is -0.737. The Kier molecular flexibility index (Phi) is 4.07. The van der Waals surface area contributed by atoms with Crippen LogP contribution in [0.3, 0.4) is 0 Å². The van der Waals surface area contributed by atoms with Crippen LogP contribution in [-0.4, -0.2) is 32.5 Å². The Hall–Kier alpha value is -2.22. The number of thiophene rings is 1. The van der Waals surface area contributed by atoms with Crippen LogP contribution >= 0.6 is 11.3 Å². The van der Waals surface area contributed by atoms with Crippen LogP contribution < -0.4 is 5.32 Å². The van der Waals surface area contributed by atoms with Crippen molar-refractivity contribution >= 4 is 23.3 Å². The number of hydrogen-bond acceptors (Lipinski definition) is 6. The summed E-state index contributed by atoms with van der Waals surface area (Å²) < 4.78 is 5.23. The largest absolute Gasteiger partial charge is 0.337 e. The van der Waals surface area contributed by atoms with E-state index in [1.165, 1.54) is 16.2 Å². The molecule has 0 unspecified atom stereocenters. The molecule has 4 rings (SSSR count). The molecule has 3 amide bonds. The van der Waals surface area contributed by atoms with Gasteiger partial charge in [0.05, 0.1) is 4.88 Å². The van der Waals surface area contributed by atoms with Crippen LogP contribution in [0.1, 0.15) is 44.9 Å². The fraction of sp³-hybridized carbons (Fsp3) is 0.529. The van der Waals surface area contributed by atoms with Gasteiger partial charge in [-0.25, -0.2) is 4.79 Å². The predicted octanol–water partition coefficient (Wildman–Crippen LogP) is 3.19. The molecule has 2 aliphatic rings. The summed E-state index contributed by atoms with van der Waals surface area (Å²) in [6.07, 6.45) is 4.47. The third-order valence-electron chi connectivity index (χ3n) is 5.28. The molecule has 1 aliphatic carbocycles. The fourth-order valence-electron chi connectivity index (χ4n) is 3.70. The summed E-state index contributed by atoms with van der Waals surface area (Å²) in [5.74, 6) is 1.23. The van der Waals surface area contributed by atoms with Crippen molar-refractivity contribution in [2.75, 3.05) is 0 Å². The van der Waals surface area contributed by atoms with E-state index < -0.39 is 5.54 Å². The predicted molar refractivity (Wildman–Crippen MR) is 91.7 cm³/mol. The van der Waals surface area contributed by atoms with E-state index in [2.05, 4.69) is 22.4 Å². The molecule has 2 fully saturated rings. The molecule has 8 heteroatoms. The first-order chi connectivity index (χ1) is 12.1. The van der Waals surface area contributed by atoms with E-state index in [4.69, 9.17) is 4.52 Å². The standard InChI is InChI=1S/C17H20N4O3S/c1-2-11-5-7-17(8-6-11)15(22)21(16(23)19-17)10-13-18-14(20-24-13)12-4-3-9-25-12/h3-4,9,11H,2,5-8,10H2,1H3,(H,19,23). The highest BCUT2D eigenvalue weighted by Crippen LogP contribution is 2.38. The van der Waals surface area contributed by atoms with Gasteiger partial charge in [-0.1, -0.05) is 24.6 Å². The summed E-state index contributed by atoms with van der Waals surface area (Å²) in [4.78, 5) is 31.6. The lowest BCUT2D eigenvalue weighted by molar-refractivity contribution is -0.133. The highest BCUT2D eigenvalue weighted by molar-refractivity contribution is 7.13. The number of nitrogens with one attached hydrogen (secondary N) is 1. The normalized spacial score (nSPS) is 26.4. The van der Waals surface area contributed by atoms with Crippen molar-refractivity contribution in [3.05, 3.63) is 23.4 Å². The van der Waals surface area contributed by atoms with E-state index in [1.807, 2.05) is 17.5 Å². The van der Waals surface area contributed by atoms with E-state index in [0.29, 0.717) is 24.6 Å². The first-order valence-corrected chi connectivity index (χ1v) is 9.50. The van der Waals surface area contributed by atoms with Crippen LogP contribution in [0.25, 0.3) is 10.7 Å². The van der Waals surface area contributed by atoms with Gasteiger partial charge in [-0.15, -0.1) is 11.3 Å². The molecule has 0 aromatic carbocycles. The van der Waals surface area contributed by atoms with Crippen LogP contribution in [-0.2, 0) is 11.3 Å². The summed E-state index contributed by atoms with van der Waals surface area (Å²) in [7, 11) is 0. The van der Waals surface area contributed by atoms with Gasteiger partial charge in [-0.2, -0.15) is 4.98 Å². The molecule has 0 radical (unpaired) electrons. The topological polar surface area (TPSA) is 88.3 Å². The van der Waals surface area contributed by atoms with Gasteiger partial charge in [0.25, 0.3) is 5.91 Å². The molecule has 1 saturated carbocycles. The Morgan fingerprint density at radius 3 is 2.88 bits per heavy atom. The van der Waals surface area contributed by atoms with Gasteiger partial charge < -0.3 is 9.84 Å². The molecule has 0 bridgehead atoms. The van der Waals surface area contributed by atoms with Gasteiger partial charge >= 0.3 is 6.03 Å². The molecule has 1 spiro atoms. The average molecular weight is 360 g/mol. The number of aromatic nitrogens is 2. The number of nitrogens with zero attached hydrogens (tertiary/aromatic N) is 3. The van der Waals surface area contributed by atoms with Crippen LogP contribution in [0.2, 0.25) is 0 Å². The van der Waals surface area contributed by atoms with Crippen molar-refractivity contribution in [1.29, 1.82) is 0 Å². The highest BCUT2D eigenvalue weighted by Gasteiger charge is 2.52. The lowest BCUT2D eigenvalue weighted by Gasteiger charge is -2.34. The van der Waals surface area contributed by atoms with Crippen molar-refractivity contribution < 1.29 is 14.1 Å². The molecule has 1 aliphatic heterocycles. The van der Waals surface area contributed by atoms with Crippen molar-refractivity contribution in [1.82, 2.24) is 20.4 Å². The van der Waals surface area contributed by atoms with Crippen molar-refractivity contribution in [2.45, 2.75) is 51.1 Å². The number of hydrogen-bond donors (Lipinski definition) is 1. The lowest BCUT2D eigenvalue weighted by atomic mass is 9.75. The minimum Gasteiger partial charge on any atom is -0.337 e. The average Bonchev–Trinajstić information content (AvgIpc) is 3.34. The second-order valence-corrected chi connectivity index (χ2v) is 7.69. The summed E-state index contributed by atoms with van der Waals surface area (Å²) in [5.41, 5.74) is -0.737. The van der Waals surface area contributed by atoms with Gasteiger partial charge in [-0.05, 0) is 43.0 Å². The van der Waals surface area contributed by atoms with Gasteiger partial charge in [0.2, 0.25) is 11.7 Å². The molecule has 1 saturated heterocycles. The first kappa shape index (κ1) is 16.3. The monoisotopic (exact) mass is 360 g/mol. The number of carbonyl (C=O) groups is 2. The molecular formula is C17H20N4O3S. The Labute approximate surface area is 149 Å². The number of rotatable bonds is 4. The number of imide groups is 1. The molecule has 0 atom stereocenters. The Morgan fingerprint density at radius 2 is 2.20 bits per heavy atom. The van der Waals surface area contributed by atoms with Crippen LogP contribution in [0.4, 0.5) is 4.79 Å². The zero-order chi connectivity index (χ0) is 17.4. The maximum atomic E-state index is 12.9.